The summed E-state index contributed by atoms with van der Waals surface area (Å²) < 4.78 is 18.4. The Morgan fingerprint density at radius 2 is 2.07 bits per heavy atom. The number of nitrogen functional groups attached to an aromatic ring is 1. The van der Waals surface area contributed by atoms with Crippen LogP contribution in [-0.4, -0.2) is 18.5 Å². The molecule has 1 saturated heterocycles. The lowest BCUT2D eigenvalue weighted by Crippen LogP contribution is -2.17. The standard InChI is InChI=1S/C11H14FNOS/c12-9-2-1-3-10(11(9)13)15-8-4-6-14-7-5-8/h1-3,8H,4-7,13H2. The van der Waals surface area contributed by atoms with E-state index in [0.29, 0.717) is 5.25 Å². The van der Waals surface area contributed by atoms with Crippen LogP contribution in [0.25, 0.3) is 0 Å². The first-order chi connectivity index (χ1) is 7.27. The predicted molar refractivity (Wildman–Crippen MR) is 60.5 cm³/mol. The molecule has 2 nitrogen and oxygen atoms in total. The third-order valence-corrected chi connectivity index (χ3v) is 3.89. The quantitative estimate of drug-likeness (QED) is 0.789. The second-order valence-electron chi connectivity index (χ2n) is 3.58. The SMILES string of the molecule is Nc1c(F)cccc1SC1CCOCC1. The van der Waals surface area contributed by atoms with E-state index in [0.717, 1.165) is 31.0 Å². The van der Waals surface area contributed by atoms with Crippen molar-refractivity contribution in [2.24, 2.45) is 0 Å². The molecule has 0 unspecified atom stereocenters. The van der Waals surface area contributed by atoms with Gasteiger partial charge in [-0.25, -0.2) is 4.39 Å². The van der Waals surface area contributed by atoms with Gasteiger partial charge < -0.3 is 10.5 Å². The molecule has 1 aromatic carbocycles. The number of hydrogen-bond acceptors (Lipinski definition) is 3. The second-order valence-corrected chi connectivity index (χ2v) is 4.92. The van der Waals surface area contributed by atoms with Crippen LogP contribution in [0.1, 0.15) is 12.8 Å². The first-order valence-corrected chi connectivity index (χ1v) is 5.94. The van der Waals surface area contributed by atoms with Gasteiger partial charge in [-0.15, -0.1) is 11.8 Å². The highest BCUT2D eigenvalue weighted by Gasteiger charge is 2.16. The lowest BCUT2D eigenvalue weighted by atomic mass is 10.2. The van der Waals surface area contributed by atoms with Crippen LogP contribution < -0.4 is 5.73 Å². The summed E-state index contributed by atoms with van der Waals surface area (Å²) in [5.74, 6) is -0.327. The van der Waals surface area contributed by atoms with E-state index in [9.17, 15) is 4.39 Å². The molecule has 2 rings (SSSR count). The van der Waals surface area contributed by atoms with Gasteiger partial charge in [-0.1, -0.05) is 6.07 Å². The van der Waals surface area contributed by atoms with Crippen LogP contribution >= 0.6 is 11.8 Å². The molecule has 1 aliphatic heterocycles. The molecule has 1 aromatic rings. The highest BCUT2D eigenvalue weighted by Crippen LogP contribution is 2.34. The van der Waals surface area contributed by atoms with Gasteiger partial charge in [0.25, 0.3) is 0 Å². The van der Waals surface area contributed by atoms with E-state index >= 15 is 0 Å². The molecule has 1 aliphatic rings. The first-order valence-electron chi connectivity index (χ1n) is 5.06. The highest BCUT2D eigenvalue weighted by molar-refractivity contribution is 8.00. The predicted octanol–water partition coefficient (Wildman–Crippen LogP) is 2.68. The number of hydrogen-bond donors (Lipinski definition) is 1. The molecule has 0 aromatic heterocycles. The molecule has 2 N–H and O–H groups in total. The van der Waals surface area contributed by atoms with Crippen molar-refractivity contribution < 1.29 is 9.13 Å². The molecule has 0 bridgehead atoms. The summed E-state index contributed by atoms with van der Waals surface area (Å²) in [6.45, 7) is 1.60. The van der Waals surface area contributed by atoms with E-state index in [1.807, 2.05) is 6.07 Å². The summed E-state index contributed by atoms with van der Waals surface area (Å²) in [6.07, 6.45) is 2.03. The zero-order valence-electron chi connectivity index (χ0n) is 8.41. The Kier molecular flexibility index (Phi) is 3.49. The molecule has 1 fully saturated rings. The number of nitrogens with two attached hydrogens (primary N) is 1. The van der Waals surface area contributed by atoms with Crippen LogP contribution in [0.4, 0.5) is 10.1 Å². The number of para-hydroxylation sites is 1. The van der Waals surface area contributed by atoms with Crippen molar-refractivity contribution in [2.45, 2.75) is 23.0 Å². The van der Waals surface area contributed by atoms with Gasteiger partial charge >= 0.3 is 0 Å². The minimum Gasteiger partial charge on any atom is -0.395 e. The van der Waals surface area contributed by atoms with Crippen molar-refractivity contribution in [1.82, 2.24) is 0 Å². The summed E-state index contributed by atoms with van der Waals surface area (Å²) >= 11 is 1.66. The Hall–Kier alpha value is -0.740. The third kappa shape index (κ3) is 2.63. The van der Waals surface area contributed by atoms with Crippen molar-refractivity contribution in [1.29, 1.82) is 0 Å². The molecule has 0 amide bonds. The number of ether oxygens (including phenoxy) is 1. The molecular weight excluding hydrogens is 213 g/mol. The Bertz CT molecular complexity index is 339. The van der Waals surface area contributed by atoms with Gasteiger partial charge in [0.05, 0.1) is 5.69 Å². The molecule has 0 spiro atoms. The number of anilines is 1. The fraction of sp³-hybridized carbons (Fsp3) is 0.455. The van der Waals surface area contributed by atoms with Gasteiger partial charge in [-0.2, -0.15) is 0 Å². The fourth-order valence-corrected chi connectivity index (χ4v) is 2.76. The smallest absolute Gasteiger partial charge is 0.147 e. The Morgan fingerprint density at radius 3 is 2.80 bits per heavy atom. The average molecular weight is 227 g/mol. The molecule has 4 heteroatoms. The topological polar surface area (TPSA) is 35.2 Å². The normalized spacial score (nSPS) is 17.9. The summed E-state index contributed by atoms with van der Waals surface area (Å²) in [5, 5.41) is 0.503. The van der Waals surface area contributed by atoms with Crippen LogP contribution in [0.5, 0.6) is 0 Å². The number of rotatable bonds is 2. The Balaban J connectivity index is 2.06. The van der Waals surface area contributed by atoms with Crippen molar-refractivity contribution in [2.75, 3.05) is 18.9 Å². The maximum atomic E-state index is 13.2. The lowest BCUT2D eigenvalue weighted by Gasteiger charge is -2.21. The van der Waals surface area contributed by atoms with E-state index in [1.165, 1.54) is 6.07 Å². The number of halogens is 1. The Morgan fingerprint density at radius 1 is 1.33 bits per heavy atom. The second kappa shape index (κ2) is 4.86. The first kappa shape index (κ1) is 10.8. The van der Waals surface area contributed by atoms with Gasteiger partial charge in [0.15, 0.2) is 0 Å². The van der Waals surface area contributed by atoms with Gasteiger partial charge in [-0.05, 0) is 25.0 Å². The van der Waals surface area contributed by atoms with E-state index in [-0.39, 0.29) is 11.5 Å². The lowest BCUT2D eigenvalue weighted by molar-refractivity contribution is 0.100. The zero-order chi connectivity index (χ0) is 10.7. The van der Waals surface area contributed by atoms with Gasteiger partial charge in [-0.3, -0.25) is 0 Å². The van der Waals surface area contributed by atoms with Crippen molar-refractivity contribution in [3.8, 4) is 0 Å². The maximum Gasteiger partial charge on any atom is 0.147 e. The summed E-state index contributed by atoms with van der Waals surface area (Å²) in [7, 11) is 0. The fourth-order valence-electron chi connectivity index (χ4n) is 1.59. The van der Waals surface area contributed by atoms with Gasteiger partial charge in [0, 0.05) is 23.4 Å². The van der Waals surface area contributed by atoms with Gasteiger partial charge in [0.1, 0.15) is 5.82 Å². The summed E-state index contributed by atoms with van der Waals surface area (Å²) in [6, 6.07) is 4.97. The van der Waals surface area contributed by atoms with Crippen LogP contribution in [0.3, 0.4) is 0 Å². The van der Waals surface area contributed by atoms with Crippen LogP contribution in [0.2, 0.25) is 0 Å². The molecule has 0 radical (unpaired) electrons. The van der Waals surface area contributed by atoms with E-state index in [1.54, 1.807) is 17.8 Å². The molecule has 15 heavy (non-hydrogen) atoms. The summed E-state index contributed by atoms with van der Waals surface area (Å²) in [4.78, 5) is 0.849. The van der Waals surface area contributed by atoms with Crippen LogP contribution in [-0.2, 0) is 4.74 Å². The number of thioether (sulfide) groups is 1. The minimum atomic E-state index is -0.327. The molecule has 0 atom stereocenters. The van der Waals surface area contributed by atoms with Crippen LogP contribution in [0, 0.1) is 5.82 Å². The summed E-state index contributed by atoms with van der Waals surface area (Å²) in [5.41, 5.74) is 5.94. The molecule has 82 valence electrons. The maximum absolute atomic E-state index is 13.2. The van der Waals surface area contributed by atoms with Crippen molar-refractivity contribution >= 4 is 17.4 Å². The minimum absolute atomic E-state index is 0.272. The molecule has 0 saturated carbocycles. The van der Waals surface area contributed by atoms with E-state index in [2.05, 4.69) is 0 Å². The molecular formula is C11H14FNOS. The van der Waals surface area contributed by atoms with Gasteiger partial charge in [0.2, 0.25) is 0 Å². The molecule has 1 heterocycles. The van der Waals surface area contributed by atoms with E-state index < -0.39 is 0 Å². The highest BCUT2D eigenvalue weighted by atomic mass is 32.2. The Labute approximate surface area is 93.0 Å². The zero-order valence-corrected chi connectivity index (χ0v) is 9.23. The van der Waals surface area contributed by atoms with Crippen LogP contribution in [0.15, 0.2) is 23.1 Å². The monoisotopic (exact) mass is 227 g/mol. The average Bonchev–Trinajstić information content (AvgIpc) is 2.26. The largest absolute Gasteiger partial charge is 0.395 e. The third-order valence-electron chi connectivity index (χ3n) is 2.47. The van der Waals surface area contributed by atoms with Crippen molar-refractivity contribution in [3.63, 3.8) is 0 Å². The van der Waals surface area contributed by atoms with Crippen molar-refractivity contribution in [3.05, 3.63) is 24.0 Å². The van der Waals surface area contributed by atoms with E-state index in [4.69, 9.17) is 10.5 Å². The number of benzene rings is 1. The molecule has 0 aliphatic carbocycles.